The smallest absolute Gasteiger partial charge is 0.329 e. The highest BCUT2D eigenvalue weighted by atomic mass is 32.2. The molecule has 0 spiro atoms. The van der Waals surface area contributed by atoms with Gasteiger partial charge < -0.3 is 9.64 Å². The number of ether oxygens (including phenoxy) is 1. The highest BCUT2D eigenvalue weighted by molar-refractivity contribution is 8.13. The Morgan fingerprint density at radius 2 is 1.85 bits per heavy atom. The lowest BCUT2D eigenvalue weighted by Gasteiger charge is -2.38. The Balaban J connectivity index is 2.25. The number of carbonyl (C=O) groups excluding carboxylic acids is 3. The van der Waals surface area contributed by atoms with E-state index < -0.39 is 11.6 Å². The van der Waals surface area contributed by atoms with Crippen LogP contribution < -0.4 is 0 Å². The Morgan fingerprint density at radius 3 is 2.42 bits per heavy atom. The van der Waals surface area contributed by atoms with Gasteiger partial charge in [0.15, 0.2) is 5.12 Å². The van der Waals surface area contributed by atoms with Crippen molar-refractivity contribution in [3.05, 3.63) is 35.4 Å². The molecule has 1 aromatic rings. The maximum atomic E-state index is 13.0. The molecule has 1 aliphatic heterocycles. The van der Waals surface area contributed by atoms with Crippen LogP contribution in [-0.4, -0.2) is 39.3 Å². The monoisotopic (exact) mass is 377 g/mol. The molecule has 1 aromatic carbocycles. The van der Waals surface area contributed by atoms with Crippen LogP contribution >= 0.6 is 11.8 Å². The predicted molar refractivity (Wildman–Crippen MR) is 103 cm³/mol. The molecule has 2 atom stereocenters. The largest absolute Gasteiger partial charge is 0.458 e. The van der Waals surface area contributed by atoms with Crippen LogP contribution in [0.15, 0.2) is 24.3 Å². The first kappa shape index (κ1) is 20.5. The topological polar surface area (TPSA) is 63.7 Å². The number of benzene rings is 1. The van der Waals surface area contributed by atoms with E-state index in [1.54, 1.807) is 11.8 Å². The molecule has 0 bridgehead atoms. The minimum Gasteiger partial charge on any atom is -0.458 e. The van der Waals surface area contributed by atoms with E-state index in [9.17, 15) is 14.4 Å². The molecule has 0 saturated carbocycles. The van der Waals surface area contributed by atoms with E-state index in [0.29, 0.717) is 18.7 Å². The zero-order chi connectivity index (χ0) is 19.5. The fourth-order valence-corrected chi connectivity index (χ4v) is 3.56. The van der Waals surface area contributed by atoms with E-state index in [1.165, 1.54) is 6.92 Å². The fourth-order valence-electron chi connectivity index (χ4n) is 2.93. The maximum Gasteiger partial charge on any atom is 0.329 e. The molecule has 1 aliphatic rings. The number of amides is 1. The van der Waals surface area contributed by atoms with E-state index in [-0.39, 0.29) is 22.9 Å². The summed E-state index contributed by atoms with van der Waals surface area (Å²) in [5, 5.41) is -0.0164. The molecule has 2 rings (SSSR count). The van der Waals surface area contributed by atoms with E-state index >= 15 is 0 Å². The van der Waals surface area contributed by atoms with Gasteiger partial charge in [-0.2, -0.15) is 0 Å². The van der Waals surface area contributed by atoms with E-state index in [2.05, 4.69) is 0 Å². The summed E-state index contributed by atoms with van der Waals surface area (Å²) >= 11 is 1.13. The molecule has 0 aliphatic carbocycles. The van der Waals surface area contributed by atoms with Crippen molar-refractivity contribution in [2.75, 3.05) is 5.75 Å². The third-order valence-electron chi connectivity index (χ3n) is 4.17. The van der Waals surface area contributed by atoms with Gasteiger partial charge in [-0.25, -0.2) is 4.79 Å². The number of fused-ring (bicyclic) bond motifs is 1. The molecule has 0 radical (unpaired) electrons. The predicted octanol–water partition coefficient (Wildman–Crippen LogP) is 3.20. The highest BCUT2D eigenvalue weighted by Crippen LogP contribution is 2.27. The summed E-state index contributed by atoms with van der Waals surface area (Å²) < 4.78 is 5.56. The number of hydrogen-bond donors (Lipinski definition) is 0. The average Bonchev–Trinajstić information content (AvgIpc) is 2.56. The quantitative estimate of drug-likeness (QED) is 0.754. The van der Waals surface area contributed by atoms with Crippen molar-refractivity contribution in [1.82, 2.24) is 4.90 Å². The lowest BCUT2D eigenvalue weighted by molar-refractivity contribution is -0.166. The second-order valence-electron chi connectivity index (χ2n) is 7.69. The highest BCUT2D eigenvalue weighted by Gasteiger charge is 2.38. The molecule has 5 nitrogen and oxygen atoms in total. The van der Waals surface area contributed by atoms with Crippen molar-refractivity contribution in [1.29, 1.82) is 0 Å². The average molecular weight is 378 g/mol. The number of nitrogens with zero attached hydrogens (tertiary/aromatic N) is 1. The molecular weight excluding hydrogens is 350 g/mol. The Morgan fingerprint density at radius 1 is 1.23 bits per heavy atom. The first-order chi connectivity index (χ1) is 12.1. The second kappa shape index (κ2) is 8.25. The third-order valence-corrected chi connectivity index (χ3v) is 5.24. The minimum absolute atomic E-state index is 0.0164. The number of thioether (sulfide) groups is 1. The minimum atomic E-state index is -0.638. The molecule has 2 unspecified atom stereocenters. The van der Waals surface area contributed by atoms with Crippen molar-refractivity contribution in [2.24, 2.45) is 5.92 Å². The number of carbonyl (C=O) groups is 3. The molecule has 0 fully saturated rings. The normalized spacial score (nSPS) is 18.0. The molecular formula is C20H27NO4S. The van der Waals surface area contributed by atoms with Crippen molar-refractivity contribution < 1.29 is 19.1 Å². The number of rotatable bonds is 4. The summed E-state index contributed by atoms with van der Waals surface area (Å²) in [6.07, 6.45) is 0.448. The third kappa shape index (κ3) is 5.34. The first-order valence-electron chi connectivity index (χ1n) is 8.82. The number of esters is 1. The van der Waals surface area contributed by atoms with Gasteiger partial charge in [-0.1, -0.05) is 43.0 Å². The lowest BCUT2D eigenvalue weighted by atomic mass is 9.92. The zero-order valence-electron chi connectivity index (χ0n) is 16.1. The van der Waals surface area contributed by atoms with Gasteiger partial charge in [0.05, 0.1) is 0 Å². The molecule has 0 N–H and O–H groups in total. The molecule has 6 heteroatoms. The van der Waals surface area contributed by atoms with E-state index in [0.717, 1.165) is 22.9 Å². The summed E-state index contributed by atoms with van der Waals surface area (Å²) in [7, 11) is 0. The van der Waals surface area contributed by atoms with Crippen molar-refractivity contribution in [3.63, 3.8) is 0 Å². The Labute approximate surface area is 159 Å². The van der Waals surface area contributed by atoms with Gasteiger partial charge in [0.1, 0.15) is 11.6 Å². The van der Waals surface area contributed by atoms with Crippen molar-refractivity contribution in [2.45, 2.75) is 59.2 Å². The van der Waals surface area contributed by atoms with Crippen molar-refractivity contribution in [3.8, 4) is 0 Å². The summed E-state index contributed by atoms with van der Waals surface area (Å²) in [4.78, 5) is 38.6. The van der Waals surface area contributed by atoms with Gasteiger partial charge in [0.25, 0.3) is 0 Å². The summed E-state index contributed by atoms with van der Waals surface area (Å²) in [6.45, 7) is 9.13. The van der Waals surface area contributed by atoms with Crippen LogP contribution in [0.4, 0.5) is 0 Å². The van der Waals surface area contributed by atoms with Crippen LogP contribution in [0.1, 0.15) is 45.7 Å². The standard InChI is InChI=1S/C20H27NO4S/c1-13(12-26-14(2)22)18(23)21-11-16-9-7-6-8-15(16)10-17(21)19(24)25-20(3,4)5/h6-9,13,17H,10-12H2,1-5H3. The first-order valence-corrected chi connectivity index (χ1v) is 9.80. The molecule has 0 aromatic heterocycles. The van der Waals surface area contributed by atoms with Crippen LogP contribution in [0.3, 0.4) is 0 Å². The number of hydrogen-bond acceptors (Lipinski definition) is 5. The molecule has 26 heavy (non-hydrogen) atoms. The lowest BCUT2D eigenvalue weighted by Crippen LogP contribution is -2.52. The summed E-state index contributed by atoms with van der Waals surface area (Å²) in [6, 6.07) is 7.21. The maximum absolute atomic E-state index is 13.0. The van der Waals surface area contributed by atoms with Gasteiger partial charge in [-0.15, -0.1) is 0 Å². The second-order valence-corrected chi connectivity index (χ2v) is 8.89. The van der Waals surface area contributed by atoms with Crippen molar-refractivity contribution >= 4 is 28.8 Å². The van der Waals surface area contributed by atoms with Crippen LogP contribution in [0.25, 0.3) is 0 Å². The van der Waals surface area contributed by atoms with Gasteiger partial charge in [0.2, 0.25) is 5.91 Å². The van der Waals surface area contributed by atoms with Crippen LogP contribution in [0, 0.1) is 5.92 Å². The van der Waals surface area contributed by atoms with Gasteiger partial charge in [-0.3, -0.25) is 9.59 Å². The molecule has 1 heterocycles. The molecule has 1 amide bonds. The van der Waals surface area contributed by atoms with Gasteiger partial charge >= 0.3 is 5.97 Å². The van der Waals surface area contributed by atoms with Gasteiger partial charge in [0, 0.05) is 31.6 Å². The zero-order valence-corrected chi connectivity index (χ0v) is 16.9. The van der Waals surface area contributed by atoms with Crippen LogP contribution in [0.2, 0.25) is 0 Å². The summed E-state index contributed by atoms with van der Waals surface area (Å²) in [5.41, 5.74) is 1.50. The molecule has 142 valence electrons. The SMILES string of the molecule is CC(=O)SCC(C)C(=O)N1Cc2ccccc2CC1C(=O)OC(C)(C)C. The molecule has 0 saturated heterocycles. The van der Waals surface area contributed by atoms with Crippen LogP contribution in [0.5, 0.6) is 0 Å². The fraction of sp³-hybridized carbons (Fsp3) is 0.550. The van der Waals surface area contributed by atoms with Crippen LogP contribution in [-0.2, 0) is 32.1 Å². The Bertz CT molecular complexity index is 695. The van der Waals surface area contributed by atoms with E-state index in [4.69, 9.17) is 4.74 Å². The Hall–Kier alpha value is -1.82. The Kier molecular flexibility index (Phi) is 6.50. The van der Waals surface area contributed by atoms with Gasteiger partial charge in [-0.05, 0) is 31.9 Å². The summed E-state index contributed by atoms with van der Waals surface area (Å²) in [5.74, 6) is -0.442. The van der Waals surface area contributed by atoms with E-state index in [1.807, 2.05) is 45.0 Å².